The van der Waals surface area contributed by atoms with Crippen molar-refractivity contribution in [3.63, 3.8) is 0 Å². The fourth-order valence-electron chi connectivity index (χ4n) is 8.96. The van der Waals surface area contributed by atoms with Gasteiger partial charge in [0.2, 0.25) is 0 Å². The lowest BCUT2D eigenvalue weighted by Gasteiger charge is -2.25. The van der Waals surface area contributed by atoms with E-state index in [0.717, 1.165) is 123 Å². The van der Waals surface area contributed by atoms with Crippen molar-refractivity contribution in [2.24, 2.45) is 0 Å². The monoisotopic (exact) mass is 864 g/mol. The molecule has 11 aromatic rings. The van der Waals surface area contributed by atoms with Crippen molar-refractivity contribution in [1.29, 1.82) is 0 Å². The van der Waals surface area contributed by atoms with Crippen molar-refractivity contribution in [3.05, 3.63) is 194 Å². The quantitative estimate of drug-likeness (QED) is 0.0684. The van der Waals surface area contributed by atoms with E-state index in [2.05, 4.69) is 155 Å². The van der Waals surface area contributed by atoms with Gasteiger partial charge in [0.25, 0.3) is 0 Å². The van der Waals surface area contributed by atoms with Gasteiger partial charge in [-0.25, -0.2) is 8.83 Å². The summed E-state index contributed by atoms with van der Waals surface area (Å²) in [7, 11) is 6.71. The number of ether oxygens (including phenoxy) is 4. The molecule has 0 radical (unpaired) electrons. The first-order chi connectivity index (χ1) is 32.5. The average molecular weight is 865 g/mol. The molecule has 66 heavy (non-hydrogen) atoms. The molecule has 8 heteroatoms. The van der Waals surface area contributed by atoms with Gasteiger partial charge in [0.1, 0.15) is 33.8 Å². The number of hydrogen-bond donors (Lipinski definition) is 0. The number of hydrogen-bond acceptors (Lipinski definition) is 6. The van der Waals surface area contributed by atoms with Crippen LogP contribution in [-0.2, 0) is 0 Å². The van der Waals surface area contributed by atoms with E-state index in [9.17, 15) is 0 Å². The van der Waals surface area contributed by atoms with E-state index in [-0.39, 0.29) is 0 Å². The molecule has 0 saturated carbocycles. The van der Waals surface area contributed by atoms with Crippen LogP contribution in [0.5, 0.6) is 23.0 Å². The average Bonchev–Trinajstić information content (AvgIpc) is 3.39. The third-order valence-corrected chi connectivity index (χ3v) is 12.3. The summed E-state index contributed by atoms with van der Waals surface area (Å²) >= 11 is 0. The predicted octanol–water partition coefficient (Wildman–Crippen LogP) is 15.8. The predicted molar refractivity (Wildman–Crippen MR) is 267 cm³/mol. The van der Waals surface area contributed by atoms with Crippen LogP contribution in [0.25, 0.3) is 66.1 Å². The highest BCUT2D eigenvalue weighted by Gasteiger charge is 2.31. The van der Waals surface area contributed by atoms with Crippen molar-refractivity contribution < 1.29 is 27.8 Å². The van der Waals surface area contributed by atoms with Crippen LogP contribution in [-0.4, -0.2) is 28.4 Å². The van der Waals surface area contributed by atoms with Gasteiger partial charge in [0, 0.05) is 44.9 Å². The van der Waals surface area contributed by atoms with Gasteiger partial charge in [-0.3, -0.25) is 0 Å². The summed E-state index contributed by atoms with van der Waals surface area (Å²) in [5, 5.41) is 6.17. The van der Waals surface area contributed by atoms with Crippen LogP contribution < -0.4 is 28.7 Å². The maximum absolute atomic E-state index is 6.97. The Balaban J connectivity index is 0.972. The summed E-state index contributed by atoms with van der Waals surface area (Å²) in [6.45, 7) is 0. The van der Waals surface area contributed by atoms with E-state index < -0.39 is 0 Å². The van der Waals surface area contributed by atoms with E-state index in [0.29, 0.717) is 0 Å². The van der Waals surface area contributed by atoms with Crippen LogP contribution >= 0.6 is 0 Å². The maximum Gasteiger partial charge on any atom is 0.370 e. The van der Waals surface area contributed by atoms with E-state index in [1.165, 1.54) is 0 Å². The minimum atomic E-state index is 0.772. The highest BCUT2D eigenvalue weighted by Crippen LogP contribution is 2.45. The topological polar surface area (TPSA) is 66.0 Å². The van der Waals surface area contributed by atoms with Crippen molar-refractivity contribution in [2.75, 3.05) is 38.2 Å². The molecular formula is C58H44N2O6+2. The molecule has 0 N–H and O–H groups in total. The van der Waals surface area contributed by atoms with Gasteiger partial charge in [-0.2, -0.15) is 0 Å². The van der Waals surface area contributed by atoms with Crippen molar-refractivity contribution in [2.45, 2.75) is 0 Å². The zero-order valence-corrected chi connectivity index (χ0v) is 36.8. The molecule has 8 nitrogen and oxygen atoms in total. The molecule has 0 aliphatic heterocycles. The fraction of sp³-hybridized carbons (Fsp3) is 0.0690. The number of anilines is 6. The molecule has 320 valence electrons. The van der Waals surface area contributed by atoms with Crippen molar-refractivity contribution >= 4 is 77.6 Å². The second-order valence-corrected chi connectivity index (χ2v) is 16.0. The van der Waals surface area contributed by atoms with E-state index in [4.69, 9.17) is 27.8 Å². The zero-order chi connectivity index (χ0) is 44.7. The Hall–Kier alpha value is -8.62. The van der Waals surface area contributed by atoms with Gasteiger partial charge in [-0.15, -0.1) is 0 Å². The molecule has 0 aliphatic carbocycles. The van der Waals surface area contributed by atoms with Crippen LogP contribution in [0.4, 0.5) is 34.1 Å². The third kappa shape index (κ3) is 7.15. The second kappa shape index (κ2) is 16.8. The summed E-state index contributed by atoms with van der Waals surface area (Å²) in [5.41, 5.74) is 9.56. The van der Waals surface area contributed by atoms with Crippen LogP contribution in [0, 0.1) is 0 Å². The lowest BCUT2D eigenvalue weighted by Crippen LogP contribution is -2.09. The lowest BCUT2D eigenvalue weighted by molar-refractivity contribution is 0.414. The first-order valence-corrected chi connectivity index (χ1v) is 21.7. The zero-order valence-electron chi connectivity index (χ0n) is 36.8. The minimum absolute atomic E-state index is 0.772. The molecule has 9 aromatic carbocycles. The number of rotatable bonds is 12. The fourth-order valence-corrected chi connectivity index (χ4v) is 8.96. The Labute approximate surface area is 382 Å². The molecule has 0 fully saturated rings. The highest BCUT2D eigenvalue weighted by molar-refractivity contribution is 6.30. The molecule has 0 amide bonds. The normalized spacial score (nSPS) is 11.3. The van der Waals surface area contributed by atoms with E-state index >= 15 is 0 Å². The minimum Gasteiger partial charge on any atom is -0.497 e. The van der Waals surface area contributed by atoms with Crippen LogP contribution in [0.15, 0.2) is 203 Å². The SMILES string of the molecule is COc1ccc(N(c2ccc(OC)cc2)c2ccc(-c3cc4cccc5c6[o+]c(-c7ccc(N(c8ccc(OC)cc8)c8ccc(OC)cc8)cc7)cc7cccc(c([o+]3)c45)c76)cc2)cc1. The Morgan fingerprint density at radius 3 is 0.864 bits per heavy atom. The van der Waals surface area contributed by atoms with Gasteiger partial charge >= 0.3 is 22.7 Å². The summed E-state index contributed by atoms with van der Waals surface area (Å²) in [4.78, 5) is 4.42. The summed E-state index contributed by atoms with van der Waals surface area (Å²) in [5.74, 6) is 4.73. The maximum atomic E-state index is 6.97. The molecule has 0 aliphatic rings. The van der Waals surface area contributed by atoms with Crippen molar-refractivity contribution in [1.82, 2.24) is 0 Å². The van der Waals surface area contributed by atoms with E-state index in [1.54, 1.807) is 28.4 Å². The first-order valence-electron chi connectivity index (χ1n) is 21.7. The van der Waals surface area contributed by atoms with E-state index in [1.807, 2.05) is 48.5 Å². The van der Waals surface area contributed by atoms with Crippen LogP contribution in [0.1, 0.15) is 0 Å². The standard InChI is InChI=1S/C58H44N2O6/c1-61-47-27-19-43(20-28-47)59(44-21-29-48(62-2)30-22-44)41-15-11-37(12-16-41)53-35-39-7-5-10-52-55(39)57(65-53)51-9-6-8-40-36-54(66-58(52)56(40)51)38-13-17-42(18-14-38)60(45-23-31-49(63-3)32-24-45)46-25-33-50(64-4)34-26-46/h5-36H,1-4H3/q+2. The number of benzene rings is 9. The molecule has 0 unspecified atom stereocenters. The van der Waals surface area contributed by atoms with Gasteiger partial charge in [-0.1, -0.05) is 24.3 Å². The van der Waals surface area contributed by atoms with Crippen LogP contribution in [0.2, 0.25) is 0 Å². The summed E-state index contributed by atoms with van der Waals surface area (Å²) in [6.07, 6.45) is 0. The molecule has 2 heterocycles. The van der Waals surface area contributed by atoms with Gasteiger partial charge in [0.15, 0.2) is 0 Å². The third-order valence-electron chi connectivity index (χ3n) is 12.3. The number of methoxy groups -OCH3 is 4. The molecular weight excluding hydrogens is 821 g/mol. The summed E-state index contributed by atoms with van der Waals surface area (Å²) < 4.78 is 35.8. The molecule has 0 spiro atoms. The Bertz CT molecular complexity index is 3150. The second-order valence-electron chi connectivity index (χ2n) is 16.0. The lowest BCUT2D eigenvalue weighted by atomic mass is 9.95. The molecule has 11 rings (SSSR count). The Morgan fingerprint density at radius 1 is 0.318 bits per heavy atom. The molecule has 0 bridgehead atoms. The van der Waals surface area contributed by atoms with Crippen molar-refractivity contribution in [3.8, 4) is 45.6 Å². The molecule has 0 saturated heterocycles. The van der Waals surface area contributed by atoms with Crippen LogP contribution in [0.3, 0.4) is 0 Å². The summed E-state index contributed by atoms with van der Waals surface area (Å²) in [6, 6.07) is 66.3. The first kappa shape index (κ1) is 40.2. The Kier molecular flexibility index (Phi) is 10.2. The highest BCUT2D eigenvalue weighted by atomic mass is 16.5. The Morgan fingerprint density at radius 2 is 0.591 bits per heavy atom. The van der Waals surface area contributed by atoms with Gasteiger partial charge in [-0.05, 0) is 158 Å². The van der Waals surface area contributed by atoms with Gasteiger partial charge < -0.3 is 28.7 Å². The molecule has 0 atom stereocenters. The van der Waals surface area contributed by atoms with Gasteiger partial charge in [0.05, 0.1) is 62.5 Å². The largest absolute Gasteiger partial charge is 0.497 e. The smallest absolute Gasteiger partial charge is 0.370 e. The number of nitrogens with zero attached hydrogens (tertiary/aromatic N) is 2. The number of fused-ring (bicyclic) bond motifs is 2. The molecule has 2 aromatic heterocycles.